The topological polar surface area (TPSA) is 43.8 Å². The Bertz CT molecular complexity index is 716. The molecular formula is C18H21N3. The van der Waals surface area contributed by atoms with Gasteiger partial charge in [-0.2, -0.15) is 0 Å². The number of rotatable bonds is 5. The first-order valence-electron chi connectivity index (χ1n) is 7.54. The zero-order chi connectivity index (χ0) is 14.7. The molecule has 1 aromatic heterocycles. The van der Waals surface area contributed by atoms with Crippen molar-refractivity contribution in [1.29, 1.82) is 0 Å². The van der Waals surface area contributed by atoms with Gasteiger partial charge in [-0.1, -0.05) is 37.3 Å². The minimum absolute atomic E-state index is 0.390. The van der Waals surface area contributed by atoms with Crippen LogP contribution in [0.25, 0.3) is 16.7 Å². The van der Waals surface area contributed by atoms with Crippen molar-refractivity contribution in [3.05, 3.63) is 60.4 Å². The van der Waals surface area contributed by atoms with E-state index in [0.717, 1.165) is 30.7 Å². The van der Waals surface area contributed by atoms with Gasteiger partial charge in [0.15, 0.2) is 0 Å². The molecule has 3 rings (SSSR count). The van der Waals surface area contributed by atoms with Crippen LogP contribution in [0.4, 0.5) is 0 Å². The van der Waals surface area contributed by atoms with E-state index in [4.69, 9.17) is 10.7 Å². The Kier molecular flexibility index (Phi) is 4.02. The molecule has 1 unspecified atom stereocenters. The minimum Gasteiger partial charge on any atom is -0.330 e. The second-order valence-electron chi connectivity index (χ2n) is 5.46. The fraction of sp³-hybridized carbons (Fsp3) is 0.278. The highest BCUT2D eigenvalue weighted by Crippen LogP contribution is 2.28. The third-order valence-corrected chi connectivity index (χ3v) is 3.88. The Hall–Kier alpha value is -2.13. The molecule has 108 valence electrons. The van der Waals surface area contributed by atoms with Gasteiger partial charge >= 0.3 is 0 Å². The summed E-state index contributed by atoms with van der Waals surface area (Å²) in [5.41, 5.74) is 9.04. The number of nitrogens with zero attached hydrogens (tertiary/aromatic N) is 2. The summed E-state index contributed by atoms with van der Waals surface area (Å²) in [6, 6.07) is 18.8. The summed E-state index contributed by atoms with van der Waals surface area (Å²) in [5, 5.41) is 0. The first-order valence-corrected chi connectivity index (χ1v) is 7.54. The molecule has 1 atom stereocenters. The van der Waals surface area contributed by atoms with E-state index in [0.29, 0.717) is 5.92 Å². The molecule has 0 amide bonds. The van der Waals surface area contributed by atoms with Gasteiger partial charge in [-0.05, 0) is 43.7 Å². The van der Waals surface area contributed by atoms with Gasteiger partial charge in [-0.15, -0.1) is 0 Å². The fourth-order valence-corrected chi connectivity index (χ4v) is 2.78. The summed E-state index contributed by atoms with van der Waals surface area (Å²) in [6.45, 7) is 2.96. The molecule has 0 spiro atoms. The molecule has 2 N–H and O–H groups in total. The maximum Gasteiger partial charge on any atom is 0.117 e. The van der Waals surface area contributed by atoms with Gasteiger partial charge in [-0.3, -0.25) is 4.57 Å². The number of aromatic nitrogens is 2. The molecule has 1 heterocycles. The van der Waals surface area contributed by atoms with Crippen molar-refractivity contribution < 1.29 is 0 Å². The molecule has 2 aromatic carbocycles. The molecule has 3 nitrogen and oxygen atoms in total. The van der Waals surface area contributed by atoms with Crippen LogP contribution in [0.2, 0.25) is 0 Å². The van der Waals surface area contributed by atoms with E-state index in [1.54, 1.807) is 0 Å². The maximum atomic E-state index is 5.65. The van der Waals surface area contributed by atoms with Gasteiger partial charge < -0.3 is 5.73 Å². The van der Waals surface area contributed by atoms with Crippen molar-refractivity contribution in [2.45, 2.75) is 25.7 Å². The SMILES string of the molecule is CC(CCCN)c1nc2ccccc2n1-c1ccccc1. The van der Waals surface area contributed by atoms with E-state index >= 15 is 0 Å². The largest absolute Gasteiger partial charge is 0.330 e. The van der Waals surface area contributed by atoms with Crippen molar-refractivity contribution >= 4 is 11.0 Å². The van der Waals surface area contributed by atoms with E-state index in [1.807, 2.05) is 12.1 Å². The highest BCUT2D eigenvalue weighted by atomic mass is 15.1. The number of hydrogen-bond acceptors (Lipinski definition) is 2. The average molecular weight is 279 g/mol. The van der Waals surface area contributed by atoms with Crippen molar-refractivity contribution in [3.63, 3.8) is 0 Å². The highest BCUT2D eigenvalue weighted by molar-refractivity contribution is 5.78. The average Bonchev–Trinajstić information content (AvgIpc) is 2.93. The van der Waals surface area contributed by atoms with Crippen LogP contribution >= 0.6 is 0 Å². The molecule has 0 aliphatic heterocycles. The van der Waals surface area contributed by atoms with Crippen LogP contribution in [0.1, 0.15) is 31.5 Å². The van der Waals surface area contributed by atoms with Gasteiger partial charge in [0.1, 0.15) is 5.82 Å². The number of nitrogens with two attached hydrogens (primary N) is 1. The number of imidazole rings is 1. The molecule has 0 bridgehead atoms. The standard InChI is InChI=1S/C18H21N3/c1-14(8-7-13-19)18-20-16-11-5-6-12-17(16)21(18)15-9-3-2-4-10-15/h2-6,9-12,14H,7-8,13,19H2,1H3. The van der Waals surface area contributed by atoms with Gasteiger partial charge in [0.2, 0.25) is 0 Å². The fourth-order valence-electron chi connectivity index (χ4n) is 2.78. The molecular weight excluding hydrogens is 258 g/mol. The maximum absolute atomic E-state index is 5.65. The molecule has 21 heavy (non-hydrogen) atoms. The zero-order valence-corrected chi connectivity index (χ0v) is 12.4. The third kappa shape index (κ3) is 2.69. The van der Waals surface area contributed by atoms with E-state index in [2.05, 4.69) is 54.0 Å². The third-order valence-electron chi connectivity index (χ3n) is 3.88. The smallest absolute Gasteiger partial charge is 0.117 e. The van der Waals surface area contributed by atoms with Crippen LogP contribution in [0, 0.1) is 0 Å². The Morgan fingerprint density at radius 2 is 1.76 bits per heavy atom. The zero-order valence-electron chi connectivity index (χ0n) is 12.4. The molecule has 0 saturated carbocycles. The Morgan fingerprint density at radius 1 is 1.05 bits per heavy atom. The van der Waals surface area contributed by atoms with Crippen LogP contribution in [-0.4, -0.2) is 16.1 Å². The van der Waals surface area contributed by atoms with Crippen LogP contribution in [0.3, 0.4) is 0 Å². The lowest BCUT2D eigenvalue weighted by Gasteiger charge is -2.14. The Morgan fingerprint density at radius 3 is 2.52 bits per heavy atom. The molecule has 0 aliphatic rings. The summed E-state index contributed by atoms with van der Waals surface area (Å²) < 4.78 is 2.27. The second kappa shape index (κ2) is 6.10. The quantitative estimate of drug-likeness (QED) is 0.770. The van der Waals surface area contributed by atoms with E-state index in [1.165, 1.54) is 11.2 Å². The van der Waals surface area contributed by atoms with E-state index in [9.17, 15) is 0 Å². The number of hydrogen-bond donors (Lipinski definition) is 1. The van der Waals surface area contributed by atoms with Crippen LogP contribution < -0.4 is 5.73 Å². The van der Waals surface area contributed by atoms with Crippen molar-refractivity contribution in [1.82, 2.24) is 9.55 Å². The number of para-hydroxylation sites is 3. The lowest BCUT2D eigenvalue weighted by atomic mass is 10.0. The Labute approximate surface area is 125 Å². The summed E-state index contributed by atoms with van der Waals surface area (Å²) in [6.07, 6.45) is 2.09. The van der Waals surface area contributed by atoms with Crippen LogP contribution in [-0.2, 0) is 0 Å². The molecule has 3 heteroatoms. The normalized spacial score (nSPS) is 12.7. The lowest BCUT2D eigenvalue weighted by molar-refractivity contribution is 0.603. The highest BCUT2D eigenvalue weighted by Gasteiger charge is 2.17. The van der Waals surface area contributed by atoms with Crippen LogP contribution in [0.5, 0.6) is 0 Å². The lowest BCUT2D eigenvalue weighted by Crippen LogP contribution is -2.07. The summed E-state index contributed by atoms with van der Waals surface area (Å²) in [5.74, 6) is 1.51. The predicted octanol–water partition coefficient (Wildman–Crippen LogP) is 3.87. The summed E-state index contributed by atoms with van der Waals surface area (Å²) in [4.78, 5) is 4.86. The van der Waals surface area contributed by atoms with Crippen molar-refractivity contribution in [2.24, 2.45) is 5.73 Å². The molecule has 0 fully saturated rings. The first-order chi connectivity index (χ1) is 10.3. The monoisotopic (exact) mass is 279 g/mol. The molecule has 0 saturated heterocycles. The summed E-state index contributed by atoms with van der Waals surface area (Å²) >= 11 is 0. The van der Waals surface area contributed by atoms with Crippen LogP contribution in [0.15, 0.2) is 54.6 Å². The summed E-state index contributed by atoms with van der Waals surface area (Å²) in [7, 11) is 0. The minimum atomic E-state index is 0.390. The molecule has 0 radical (unpaired) electrons. The van der Waals surface area contributed by atoms with E-state index in [-0.39, 0.29) is 0 Å². The van der Waals surface area contributed by atoms with Gasteiger partial charge in [0.05, 0.1) is 11.0 Å². The number of benzene rings is 2. The Balaban J connectivity index is 2.15. The van der Waals surface area contributed by atoms with Crippen molar-refractivity contribution in [2.75, 3.05) is 6.54 Å². The molecule has 0 aliphatic carbocycles. The van der Waals surface area contributed by atoms with Gasteiger partial charge in [0, 0.05) is 11.6 Å². The van der Waals surface area contributed by atoms with Crippen molar-refractivity contribution in [3.8, 4) is 5.69 Å². The van der Waals surface area contributed by atoms with E-state index < -0.39 is 0 Å². The second-order valence-corrected chi connectivity index (χ2v) is 5.46. The number of fused-ring (bicyclic) bond motifs is 1. The first kappa shape index (κ1) is 13.8. The van der Waals surface area contributed by atoms with Gasteiger partial charge in [0.25, 0.3) is 0 Å². The van der Waals surface area contributed by atoms with Gasteiger partial charge in [-0.25, -0.2) is 4.98 Å². The molecule has 3 aromatic rings. The predicted molar refractivity (Wildman–Crippen MR) is 87.8 cm³/mol.